The molecule has 0 N–H and O–H groups in total. The average molecular weight is 275 g/mol. The van der Waals surface area contributed by atoms with E-state index in [0.717, 1.165) is 6.42 Å². The lowest BCUT2D eigenvalue weighted by molar-refractivity contribution is 0.719. The predicted molar refractivity (Wildman–Crippen MR) is 93.8 cm³/mol. The van der Waals surface area contributed by atoms with Crippen molar-refractivity contribution in [2.24, 2.45) is 4.99 Å². The second-order valence-corrected chi connectivity index (χ2v) is 5.37. The molecule has 0 saturated heterocycles. The molecule has 0 aliphatic carbocycles. The number of rotatable bonds is 1. The monoisotopic (exact) mass is 275 g/mol. The molecule has 2 rings (SSSR count). The highest BCUT2D eigenvalue weighted by Gasteiger charge is 2.34. The van der Waals surface area contributed by atoms with E-state index in [4.69, 9.17) is 4.99 Å². The Balaban J connectivity index is 0.000000829. The van der Waals surface area contributed by atoms with Gasteiger partial charge in [-0.25, -0.2) is 0 Å². The van der Waals surface area contributed by atoms with Crippen molar-refractivity contribution < 1.29 is 0 Å². The van der Waals surface area contributed by atoms with E-state index in [0.29, 0.717) is 0 Å². The molecule has 1 aromatic rings. The second kappa shape index (κ2) is 7.61. The molecule has 0 saturated carbocycles. The summed E-state index contributed by atoms with van der Waals surface area (Å²) in [5.74, 6) is 0. The summed E-state index contributed by atoms with van der Waals surface area (Å²) >= 11 is 0. The SMILES string of the molecule is CC.CC.CCc1c(C)c(C)cc2c1C(C)(C)C(C)=N2. The zero-order valence-corrected chi connectivity index (χ0v) is 15.2. The van der Waals surface area contributed by atoms with Crippen LogP contribution in [0.4, 0.5) is 5.69 Å². The molecule has 1 aliphatic heterocycles. The van der Waals surface area contributed by atoms with Crippen LogP contribution in [0.1, 0.15) is 77.6 Å². The first-order chi connectivity index (χ1) is 9.39. The van der Waals surface area contributed by atoms with Gasteiger partial charge in [0.1, 0.15) is 0 Å². The van der Waals surface area contributed by atoms with E-state index in [1.807, 2.05) is 27.7 Å². The van der Waals surface area contributed by atoms with Gasteiger partial charge in [0.2, 0.25) is 0 Å². The molecule has 0 fully saturated rings. The molecule has 1 nitrogen and oxygen atoms in total. The van der Waals surface area contributed by atoms with Crippen molar-refractivity contribution in [2.45, 2.75) is 81.1 Å². The van der Waals surface area contributed by atoms with Crippen LogP contribution in [0, 0.1) is 13.8 Å². The van der Waals surface area contributed by atoms with E-state index in [9.17, 15) is 0 Å². The number of aryl methyl sites for hydroxylation is 1. The molecule has 1 heteroatoms. The summed E-state index contributed by atoms with van der Waals surface area (Å²) in [4.78, 5) is 4.73. The maximum absolute atomic E-state index is 4.73. The number of benzene rings is 1. The van der Waals surface area contributed by atoms with Crippen LogP contribution in [-0.2, 0) is 11.8 Å². The van der Waals surface area contributed by atoms with Crippen molar-refractivity contribution in [2.75, 3.05) is 0 Å². The molecule has 0 radical (unpaired) electrons. The number of aliphatic imine (C=N–C) groups is 1. The quantitative estimate of drug-likeness (QED) is 0.570. The van der Waals surface area contributed by atoms with Gasteiger partial charge in [-0.2, -0.15) is 0 Å². The molecule has 20 heavy (non-hydrogen) atoms. The Hall–Kier alpha value is -1.11. The van der Waals surface area contributed by atoms with E-state index in [2.05, 4.69) is 47.6 Å². The topological polar surface area (TPSA) is 12.4 Å². The first-order valence-corrected chi connectivity index (χ1v) is 8.09. The summed E-state index contributed by atoms with van der Waals surface area (Å²) in [7, 11) is 0. The number of fused-ring (bicyclic) bond motifs is 1. The van der Waals surface area contributed by atoms with E-state index in [-0.39, 0.29) is 5.41 Å². The van der Waals surface area contributed by atoms with Gasteiger partial charge in [-0.05, 0) is 55.5 Å². The van der Waals surface area contributed by atoms with Crippen molar-refractivity contribution in [3.05, 3.63) is 28.3 Å². The minimum Gasteiger partial charge on any atom is -0.257 e. The van der Waals surface area contributed by atoms with Crippen molar-refractivity contribution in [1.29, 1.82) is 0 Å². The third kappa shape index (κ3) is 3.13. The minimum atomic E-state index is 0.110. The molecule has 0 aromatic heterocycles. The lowest BCUT2D eigenvalue weighted by Crippen LogP contribution is -2.24. The summed E-state index contributed by atoms with van der Waals surface area (Å²) in [6.07, 6.45) is 1.10. The number of nitrogens with zero attached hydrogens (tertiary/aromatic N) is 1. The van der Waals surface area contributed by atoms with Gasteiger partial charge in [0, 0.05) is 11.1 Å². The lowest BCUT2D eigenvalue weighted by atomic mass is 9.77. The summed E-state index contributed by atoms with van der Waals surface area (Å²) in [5.41, 5.74) is 8.31. The minimum absolute atomic E-state index is 0.110. The van der Waals surface area contributed by atoms with Crippen LogP contribution in [0.5, 0.6) is 0 Å². The standard InChI is InChI=1S/C15H21N.2C2H6/c1-7-12-10(3)9(2)8-13-14(12)15(5,6)11(4)16-13;2*1-2/h8H,7H2,1-6H3;2*1-2H3. The summed E-state index contributed by atoms with van der Waals surface area (Å²) in [6, 6.07) is 2.24. The molecule has 0 unspecified atom stereocenters. The van der Waals surface area contributed by atoms with Crippen molar-refractivity contribution in [3.63, 3.8) is 0 Å². The van der Waals surface area contributed by atoms with Crippen LogP contribution in [0.2, 0.25) is 0 Å². The molecule has 1 aromatic carbocycles. The Morgan fingerprint density at radius 1 is 1.00 bits per heavy atom. The first-order valence-electron chi connectivity index (χ1n) is 8.09. The normalized spacial score (nSPS) is 14.4. The van der Waals surface area contributed by atoms with E-state index in [1.165, 1.54) is 33.7 Å². The summed E-state index contributed by atoms with van der Waals surface area (Å²) in [5, 5.41) is 0. The Bertz CT molecular complexity index is 479. The summed E-state index contributed by atoms with van der Waals surface area (Å²) < 4.78 is 0. The van der Waals surface area contributed by atoms with E-state index < -0.39 is 0 Å². The van der Waals surface area contributed by atoms with Gasteiger partial charge in [-0.15, -0.1) is 0 Å². The van der Waals surface area contributed by atoms with Gasteiger partial charge in [0.05, 0.1) is 5.69 Å². The highest BCUT2D eigenvalue weighted by Crippen LogP contribution is 2.44. The molecule has 1 aliphatic rings. The van der Waals surface area contributed by atoms with Gasteiger partial charge in [0.15, 0.2) is 0 Å². The Morgan fingerprint density at radius 3 is 1.95 bits per heavy atom. The van der Waals surface area contributed by atoms with Crippen LogP contribution < -0.4 is 0 Å². The third-order valence-corrected chi connectivity index (χ3v) is 4.13. The Kier molecular flexibility index (Phi) is 7.19. The highest BCUT2D eigenvalue weighted by atomic mass is 14.8. The van der Waals surface area contributed by atoms with Crippen LogP contribution in [-0.4, -0.2) is 5.71 Å². The average Bonchev–Trinajstić information content (AvgIpc) is 2.67. The predicted octanol–water partition coefficient (Wildman–Crippen LogP) is 6.30. The van der Waals surface area contributed by atoms with Crippen molar-refractivity contribution >= 4 is 11.4 Å². The Labute approximate surface area is 126 Å². The fourth-order valence-electron chi connectivity index (χ4n) is 2.69. The van der Waals surface area contributed by atoms with Gasteiger partial charge in [0.25, 0.3) is 0 Å². The molecule has 0 bridgehead atoms. The van der Waals surface area contributed by atoms with Crippen LogP contribution in [0.3, 0.4) is 0 Å². The fraction of sp³-hybridized carbons (Fsp3) is 0.632. The van der Waals surface area contributed by atoms with Crippen molar-refractivity contribution in [1.82, 2.24) is 0 Å². The first kappa shape index (κ1) is 18.9. The fourth-order valence-corrected chi connectivity index (χ4v) is 2.69. The third-order valence-electron chi connectivity index (χ3n) is 4.13. The van der Waals surface area contributed by atoms with Gasteiger partial charge < -0.3 is 0 Å². The maximum Gasteiger partial charge on any atom is 0.0676 e. The highest BCUT2D eigenvalue weighted by molar-refractivity contribution is 6.00. The van der Waals surface area contributed by atoms with Gasteiger partial charge in [-0.3, -0.25) is 4.99 Å². The number of hydrogen-bond acceptors (Lipinski definition) is 1. The van der Waals surface area contributed by atoms with Crippen molar-refractivity contribution in [3.8, 4) is 0 Å². The van der Waals surface area contributed by atoms with Crippen LogP contribution in [0.15, 0.2) is 11.1 Å². The molecule has 1 heterocycles. The van der Waals surface area contributed by atoms with Gasteiger partial charge in [-0.1, -0.05) is 48.5 Å². The molecule has 0 atom stereocenters. The smallest absolute Gasteiger partial charge is 0.0676 e. The van der Waals surface area contributed by atoms with Crippen LogP contribution >= 0.6 is 0 Å². The van der Waals surface area contributed by atoms with Gasteiger partial charge >= 0.3 is 0 Å². The summed E-state index contributed by atoms with van der Waals surface area (Å²) in [6.45, 7) is 21.4. The largest absolute Gasteiger partial charge is 0.257 e. The number of hydrogen-bond donors (Lipinski definition) is 0. The zero-order chi connectivity index (χ0) is 16.1. The zero-order valence-electron chi connectivity index (χ0n) is 15.2. The molecular formula is C19H33N. The molecular weight excluding hydrogens is 242 g/mol. The maximum atomic E-state index is 4.73. The molecule has 0 amide bonds. The second-order valence-electron chi connectivity index (χ2n) is 5.37. The van der Waals surface area contributed by atoms with E-state index in [1.54, 1.807) is 0 Å². The molecule has 0 spiro atoms. The lowest BCUT2D eigenvalue weighted by Gasteiger charge is -2.24. The van der Waals surface area contributed by atoms with Crippen LogP contribution in [0.25, 0.3) is 0 Å². The van der Waals surface area contributed by atoms with E-state index >= 15 is 0 Å². The molecule has 114 valence electrons. The Morgan fingerprint density at radius 2 is 1.50 bits per heavy atom.